The molecule has 118 valence electrons. The van der Waals surface area contributed by atoms with Crippen LogP contribution in [0.1, 0.15) is 44.6 Å². The number of hydrogen-bond donors (Lipinski definition) is 2. The molecule has 2 rings (SSSR count). The summed E-state index contributed by atoms with van der Waals surface area (Å²) in [5.74, 6) is 0. The molecule has 1 fully saturated rings. The quantitative estimate of drug-likeness (QED) is 0.684. The smallest absolute Gasteiger partial charge is 0.0643 e. The van der Waals surface area contributed by atoms with Crippen LogP contribution >= 0.6 is 11.6 Å². The maximum atomic E-state index is 9.17. The molecule has 1 saturated carbocycles. The Kier molecular flexibility index (Phi) is 6.81. The van der Waals surface area contributed by atoms with Crippen LogP contribution in [-0.4, -0.2) is 30.8 Å². The van der Waals surface area contributed by atoms with E-state index in [0.29, 0.717) is 6.04 Å². The summed E-state index contributed by atoms with van der Waals surface area (Å²) in [4.78, 5) is 2.42. The van der Waals surface area contributed by atoms with Gasteiger partial charge < -0.3 is 15.3 Å². The van der Waals surface area contributed by atoms with Gasteiger partial charge in [-0.2, -0.15) is 0 Å². The van der Waals surface area contributed by atoms with E-state index in [1.165, 1.54) is 30.5 Å². The lowest BCUT2D eigenvalue weighted by Gasteiger charge is -2.40. The third-order valence-electron chi connectivity index (χ3n) is 4.17. The molecule has 0 bridgehead atoms. The van der Waals surface area contributed by atoms with Gasteiger partial charge in [0.1, 0.15) is 0 Å². The van der Waals surface area contributed by atoms with Crippen LogP contribution in [0.2, 0.25) is 5.02 Å². The van der Waals surface area contributed by atoms with Crippen LogP contribution in [0.4, 0.5) is 5.69 Å². The first kappa shape index (κ1) is 16.6. The van der Waals surface area contributed by atoms with Gasteiger partial charge in [0.05, 0.1) is 10.7 Å². The van der Waals surface area contributed by atoms with E-state index in [9.17, 15) is 5.11 Å². The van der Waals surface area contributed by atoms with Gasteiger partial charge in [-0.05, 0) is 50.3 Å². The van der Waals surface area contributed by atoms with Gasteiger partial charge in [0, 0.05) is 25.7 Å². The molecular weight excluding hydrogens is 284 g/mol. The zero-order valence-electron chi connectivity index (χ0n) is 12.9. The first-order chi connectivity index (χ1) is 10.3. The molecule has 0 aliphatic heterocycles. The number of benzene rings is 1. The maximum Gasteiger partial charge on any atom is 0.0643 e. The maximum absolute atomic E-state index is 9.17. The summed E-state index contributed by atoms with van der Waals surface area (Å²) in [5.41, 5.74) is 2.43. The first-order valence-electron chi connectivity index (χ1n) is 8.13. The molecular formula is C17H27ClN2O. The average molecular weight is 311 g/mol. The standard InChI is InChI=1S/C17H27ClN2O/c1-2-10-19-13-14-6-3-9-16(18)17(14)20(11-5-12-21)15-7-4-8-15/h3,6,9,15,19,21H,2,4-5,7-8,10-13H2,1H3. The SMILES string of the molecule is CCCNCc1cccc(Cl)c1N(CCCO)C1CCC1. The fraction of sp³-hybridized carbons (Fsp3) is 0.647. The summed E-state index contributed by atoms with van der Waals surface area (Å²) in [6.45, 7) is 5.16. The van der Waals surface area contributed by atoms with Crippen molar-refractivity contribution in [2.24, 2.45) is 0 Å². The van der Waals surface area contributed by atoms with Crippen LogP contribution in [0.15, 0.2) is 18.2 Å². The molecule has 3 nitrogen and oxygen atoms in total. The predicted molar refractivity (Wildman–Crippen MR) is 90.1 cm³/mol. The number of nitrogens with one attached hydrogen (secondary N) is 1. The van der Waals surface area contributed by atoms with Crippen LogP contribution in [0.25, 0.3) is 0 Å². The molecule has 0 radical (unpaired) electrons. The highest BCUT2D eigenvalue weighted by molar-refractivity contribution is 6.33. The van der Waals surface area contributed by atoms with E-state index in [4.69, 9.17) is 11.6 Å². The largest absolute Gasteiger partial charge is 0.396 e. The second-order valence-electron chi connectivity index (χ2n) is 5.78. The van der Waals surface area contributed by atoms with Gasteiger partial charge in [0.15, 0.2) is 0 Å². The highest BCUT2D eigenvalue weighted by Gasteiger charge is 2.27. The van der Waals surface area contributed by atoms with E-state index in [1.54, 1.807) is 0 Å². The van der Waals surface area contributed by atoms with Gasteiger partial charge in [-0.25, -0.2) is 0 Å². The van der Waals surface area contributed by atoms with Gasteiger partial charge >= 0.3 is 0 Å². The molecule has 1 aliphatic carbocycles. The Bertz CT molecular complexity index is 435. The Labute approximate surface area is 133 Å². The highest BCUT2D eigenvalue weighted by atomic mass is 35.5. The summed E-state index contributed by atoms with van der Waals surface area (Å²) in [6.07, 6.45) is 5.70. The predicted octanol–water partition coefficient (Wildman–Crippen LogP) is 3.58. The monoisotopic (exact) mass is 310 g/mol. The van der Waals surface area contributed by atoms with Crippen molar-refractivity contribution >= 4 is 17.3 Å². The summed E-state index contributed by atoms with van der Waals surface area (Å²) < 4.78 is 0. The second-order valence-corrected chi connectivity index (χ2v) is 6.19. The lowest BCUT2D eigenvalue weighted by atomic mass is 9.90. The summed E-state index contributed by atoms with van der Waals surface area (Å²) >= 11 is 6.51. The third-order valence-corrected chi connectivity index (χ3v) is 4.48. The normalized spacial score (nSPS) is 15.0. The molecule has 2 N–H and O–H groups in total. The minimum absolute atomic E-state index is 0.233. The number of nitrogens with zero attached hydrogens (tertiary/aromatic N) is 1. The number of aliphatic hydroxyl groups excluding tert-OH is 1. The third kappa shape index (κ3) is 4.35. The van der Waals surface area contributed by atoms with Gasteiger partial charge in [0.25, 0.3) is 0 Å². The summed E-state index contributed by atoms with van der Waals surface area (Å²) in [5, 5.41) is 13.5. The van der Waals surface area contributed by atoms with Crippen molar-refractivity contribution in [1.29, 1.82) is 0 Å². The first-order valence-corrected chi connectivity index (χ1v) is 8.51. The number of anilines is 1. The van der Waals surface area contributed by atoms with Crippen molar-refractivity contribution in [1.82, 2.24) is 5.32 Å². The van der Waals surface area contributed by atoms with Crippen LogP contribution in [0, 0.1) is 0 Å². The van der Waals surface area contributed by atoms with Crippen LogP contribution in [-0.2, 0) is 6.54 Å². The number of aliphatic hydroxyl groups is 1. The molecule has 1 aliphatic rings. The summed E-state index contributed by atoms with van der Waals surface area (Å²) in [7, 11) is 0. The molecule has 0 aromatic heterocycles. The number of halogens is 1. The molecule has 4 heteroatoms. The van der Waals surface area contributed by atoms with Crippen molar-refractivity contribution in [3.05, 3.63) is 28.8 Å². The topological polar surface area (TPSA) is 35.5 Å². The van der Waals surface area contributed by atoms with E-state index in [1.807, 2.05) is 12.1 Å². The number of rotatable bonds is 9. The van der Waals surface area contributed by atoms with Crippen molar-refractivity contribution in [2.45, 2.75) is 51.6 Å². The van der Waals surface area contributed by atoms with Crippen molar-refractivity contribution in [3.8, 4) is 0 Å². The van der Waals surface area contributed by atoms with Crippen molar-refractivity contribution in [2.75, 3.05) is 24.6 Å². The van der Waals surface area contributed by atoms with Gasteiger partial charge in [0.2, 0.25) is 0 Å². The summed E-state index contributed by atoms with van der Waals surface area (Å²) in [6, 6.07) is 6.75. The van der Waals surface area contributed by atoms with Gasteiger partial charge in [-0.3, -0.25) is 0 Å². The molecule has 0 heterocycles. The zero-order valence-corrected chi connectivity index (χ0v) is 13.7. The van der Waals surface area contributed by atoms with Crippen molar-refractivity contribution < 1.29 is 5.11 Å². The van der Waals surface area contributed by atoms with E-state index in [2.05, 4.69) is 23.2 Å². The Morgan fingerprint density at radius 1 is 1.38 bits per heavy atom. The minimum Gasteiger partial charge on any atom is -0.396 e. The van der Waals surface area contributed by atoms with E-state index >= 15 is 0 Å². The van der Waals surface area contributed by atoms with E-state index in [-0.39, 0.29) is 6.61 Å². The molecule has 0 saturated heterocycles. The number of hydrogen-bond acceptors (Lipinski definition) is 3. The molecule has 21 heavy (non-hydrogen) atoms. The fourth-order valence-corrected chi connectivity index (χ4v) is 3.14. The second kappa shape index (κ2) is 8.62. The van der Waals surface area contributed by atoms with E-state index < -0.39 is 0 Å². The number of para-hydroxylation sites is 1. The Hall–Kier alpha value is -0.770. The molecule has 1 aromatic carbocycles. The van der Waals surface area contributed by atoms with Crippen LogP contribution in [0.3, 0.4) is 0 Å². The van der Waals surface area contributed by atoms with Crippen LogP contribution < -0.4 is 10.2 Å². The molecule has 0 spiro atoms. The molecule has 0 unspecified atom stereocenters. The van der Waals surface area contributed by atoms with Crippen LogP contribution in [0.5, 0.6) is 0 Å². The molecule has 1 aromatic rings. The Morgan fingerprint density at radius 2 is 2.19 bits per heavy atom. The fourth-order valence-electron chi connectivity index (χ4n) is 2.84. The minimum atomic E-state index is 0.233. The van der Waals surface area contributed by atoms with E-state index in [0.717, 1.165) is 37.5 Å². The Morgan fingerprint density at radius 3 is 2.81 bits per heavy atom. The lowest BCUT2D eigenvalue weighted by molar-refractivity contribution is 0.283. The molecule has 0 amide bonds. The van der Waals surface area contributed by atoms with Gasteiger partial charge in [-0.1, -0.05) is 30.7 Å². The average Bonchev–Trinajstić information content (AvgIpc) is 2.42. The lowest BCUT2D eigenvalue weighted by Crippen LogP contribution is -2.42. The highest BCUT2D eigenvalue weighted by Crippen LogP contribution is 2.36. The zero-order chi connectivity index (χ0) is 15.1. The van der Waals surface area contributed by atoms with Crippen molar-refractivity contribution in [3.63, 3.8) is 0 Å². The Balaban J connectivity index is 2.19. The molecule has 0 atom stereocenters. The van der Waals surface area contributed by atoms with Gasteiger partial charge in [-0.15, -0.1) is 0 Å².